The van der Waals surface area contributed by atoms with Gasteiger partial charge in [0, 0.05) is 23.1 Å². The molecular weight excluding hydrogens is 270 g/mol. The molecule has 2 aromatic rings. The Morgan fingerprint density at radius 3 is 2.65 bits per heavy atom. The summed E-state index contributed by atoms with van der Waals surface area (Å²) in [7, 11) is 0. The standard InChI is InChI=1S/C14H21N5S/c1-5-6-11-18-12(15)9(3)13(19-11)17-10(4)14-16-8(2)7-20-14/h7,10H,5-6H2,1-4H3,(H3,15,17,18,19). The maximum absolute atomic E-state index is 5.97. The van der Waals surface area contributed by atoms with Crippen LogP contribution in [0.2, 0.25) is 0 Å². The van der Waals surface area contributed by atoms with Crippen LogP contribution in [0.15, 0.2) is 5.38 Å². The van der Waals surface area contributed by atoms with E-state index in [1.807, 2.05) is 13.8 Å². The number of nitrogens with zero attached hydrogens (tertiary/aromatic N) is 3. The van der Waals surface area contributed by atoms with Gasteiger partial charge in [-0.3, -0.25) is 0 Å². The second-order valence-electron chi connectivity index (χ2n) is 4.94. The van der Waals surface area contributed by atoms with E-state index in [4.69, 9.17) is 5.73 Å². The predicted molar refractivity (Wildman–Crippen MR) is 84.1 cm³/mol. The first kappa shape index (κ1) is 14.7. The SMILES string of the molecule is CCCc1nc(N)c(C)c(NC(C)c2nc(C)cs2)n1. The minimum absolute atomic E-state index is 0.108. The third-order valence-electron chi connectivity index (χ3n) is 3.06. The summed E-state index contributed by atoms with van der Waals surface area (Å²) in [5, 5.41) is 6.50. The summed E-state index contributed by atoms with van der Waals surface area (Å²) in [6, 6.07) is 0.108. The maximum Gasteiger partial charge on any atom is 0.135 e. The van der Waals surface area contributed by atoms with Crippen LogP contribution in [0.25, 0.3) is 0 Å². The third kappa shape index (κ3) is 3.25. The van der Waals surface area contributed by atoms with Crippen LogP contribution in [0.3, 0.4) is 0 Å². The number of aromatic nitrogens is 3. The second-order valence-corrected chi connectivity index (χ2v) is 5.83. The van der Waals surface area contributed by atoms with Crippen molar-refractivity contribution in [3.05, 3.63) is 27.5 Å². The van der Waals surface area contributed by atoms with Crippen molar-refractivity contribution in [1.82, 2.24) is 15.0 Å². The summed E-state index contributed by atoms with van der Waals surface area (Å²) < 4.78 is 0. The average Bonchev–Trinajstić information content (AvgIpc) is 2.82. The molecule has 5 nitrogen and oxygen atoms in total. The first-order valence-corrected chi connectivity index (χ1v) is 7.70. The van der Waals surface area contributed by atoms with Crippen molar-refractivity contribution in [1.29, 1.82) is 0 Å². The molecule has 3 N–H and O–H groups in total. The van der Waals surface area contributed by atoms with E-state index in [0.717, 1.165) is 40.7 Å². The monoisotopic (exact) mass is 291 g/mol. The molecule has 0 aromatic carbocycles. The van der Waals surface area contributed by atoms with Crippen LogP contribution in [0.5, 0.6) is 0 Å². The largest absolute Gasteiger partial charge is 0.383 e. The molecule has 0 saturated heterocycles. The molecular formula is C14H21N5S. The summed E-state index contributed by atoms with van der Waals surface area (Å²) in [5.74, 6) is 2.15. The Morgan fingerprint density at radius 2 is 2.05 bits per heavy atom. The second kappa shape index (κ2) is 6.17. The molecule has 2 aromatic heterocycles. The van der Waals surface area contributed by atoms with Crippen molar-refractivity contribution in [2.24, 2.45) is 0 Å². The molecule has 108 valence electrons. The fourth-order valence-electron chi connectivity index (χ4n) is 1.90. The Bertz CT molecular complexity index is 593. The van der Waals surface area contributed by atoms with E-state index in [1.165, 1.54) is 0 Å². The Morgan fingerprint density at radius 1 is 1.30 bits per heavy atom. The molecule has 0 aliphatic carbocycles. The number of rotatable bonds is 5. The van der Waals surface area contributed by atoms with E-state index in [9.17, 15) is 0 Å². The molecule has 0 aliphatic heterocycles. The van der Waals surface area contributed by atoms with E-state index < -0.39 is 0 Å². The minimum Gasteiger partial charge on any atom is -0.383 e. The lowest BCUT2D eigenvalue weighted by molar-refractivity contribution is 0.812. The van der Waals surface area contributed by atoms with Gasteiger partial charge in [0.2, 0.25) is 0 Å². The van der Waals surface area contributed by atoms with Gasteiger partial charge in [0.1, 0.15) is 22.5 Å². The lowest BCUT2D eigenvalue weighted by Gasteiger charge is -2.16. The van der Waals surface area contributed by atoms with Gasteiger partial charge in [0.05, 0.1) is 6.04 Å². The zero-order valence-electron chi connectivity index (χ0n) is 12.4. The highest BCUT2D eigenvalue weighted by Crippen LogP contribution is 2.25. The number of nitrogens with two attached hydrogens (primary N) is 1. The van der Waals surface area contributed by atoms with Gasteiger partial charge < -0.3 is 11.1 Å². The summed E-state index contributed by atoms with van der Waals surface area (Å²) in [4.78, 5) is 13.4. The minimum atomic E-state index is 0.108. The molecule has 2 rings (SSSR count). The number of hydrogen-bond donors (Lipinski definition) is 2. The number of hydrogen-bond acceptors (Lipinski definition) is 6. The van der Waals surface area contributed by atoms with E-state index in [0.29, 0.717) is 5.82 Å². The fraction of sp³-hybridized carbons (Fsp3) is 0.500. The predicted octanol–water partition coefficient (Wildman–Crippen LogP) is 3.26. The zero-order valence-corrected chi connectivity index (χ0v) is 13.2. The Kier molecular flexibility index (Phi) is 4.54. The first-order valence-electron chi connectivity index (χ1n) is 6.82. The maximum atomic E-state index is 5.97. The van der Waals surface area contributed by atoms with E-state index in [-0.39, 0.29) is 6.04 Å². The zero-order chi connectivity index (χ0) is 14.7. The van der Waals surface area contributed by atoms with Crippen LogP contribution in [0.4, 0.5) is 11.6 Å². The van der Waals surface area contributed by atoms with Gasteiger partial charge in [-0.1, -0.05) is 6.92 Å². The number of aryl methyl sites for hydroxylation is 2. The van der Waals surface area contributed by atoms with Gasteiger partial charge >= 0.3 is 0 Å². The van der Waals surface area contributed by atoms with Crippen LogP contribution in [-0.2, 0) is 6.42 Å². The molecule has 0 saturated carbocycles. The molecule has 0 aliphatic rings. The highest BCUT2D eigenvalue weighted by Gasteiger charge is 2.14. The van der Waals surface area contributed by atoms with Crippen LogP contribution in [0, 0.1) is 13.8 Å². The molecule has 0 spiro atoms. The molecule has 1 unspecified atom stereocenters. The molecule has 20 heavy (non-hydrogen) atoms. The quantitative estimate of drug-likeness (QED) is 0.884. The lowest BCUT2D eigenvalue weighted by Crippen LogP contribution is -2.12. The van der Waals surface area contributed by atoms with Crippen molar-refractivity contribution in [2.45, 2.75) is 46.6 Å². The van der Waals surface area contributed by atoms with Gasteiger partial charge in [0.15, 0.2) is 0 Å². The highest BCUT2D eigenvalue weighted by atomic mass is 32.1. The van der Waals surface area contributed by atoms with Gasteiger partial charge in [-0.05, 0) is 27.2 Å². The van der Waals surface area contributed by atoms with Crippen molar-refractivity contribution in [3.63, 3.8) is 0 Å². The Hall–Kier alpha value is -1.69. The topological polar surface area (TPSA) is 76.7 Å². The normalized spacial score (nSPS) is 12.4. The summed E-state index contributed by atoms with van der Waals surface area (Å²) in [5.41, 5.74) is 7.91. The molecule has 0 radical (unpaired) electrons. The van der Waals surface area contributed by atoms with E-state index in [1.54, 1.807) is 11.3 Å². The summed E-state index contributed by atoms with van der Waals surface area (Å²) >= 11 is 1.65. The number of anilines is 2. The Balaban J connectivity index is 2.23. The van der Waals surface area contributed by atoms with Gasteiger partial charge in [-0.2, -0.15) is 0 Å². The highest BCUT2D eigenvalue weighted by molar-refractivity contribution is 7.09. The van der Waals surface area contributed by atoms with Crippen LogP contribution in [0.1, 0.15) is 48.4 Å². The average molecular weight is 291 g/mol. The van der Waals surface area contributed by atoms with Crippen LogP contribution < -0.4 is 11.1 Å². The lowest BCUT2D eigenvalue weighted by atomic mass is 10.2. The summed E-state index contributed by atoms with van der Waals surface area (Å²) in [6.07, 6.45) is 1.84. The van der Waals surface area contributed by atoms with E-state index >= 15 is 0 Å². The van der Waals surface area contributed by atoms with Crippen LogP contribution >= 0.6 is 11.3 Å². The van der Waals surface area contributed by atoms with Gasteiger partial charge in [-0.15, -0.1) is 11.3 Å². The smallest absolute Gasteiger partial charge is 0.135 e. The fourth-order valence-corrected chi connectivity index (χ4v) is 2.70. The van der Waals surface area contributed by atoms with Crippen molar-refractivity contribution >= 4 is 23.0 Å². The van der Waals surface area contributed by atoms with E-state index in [2.05, 4.69) is 39.5 Å². The molecule has 6 heteroatoms. The third-order valence-corrected chi connectivity index (χ3v) is 4.21. The van der Waals surface area contributed by atoms with Crippen molar-refractivity contribution < 1.29 is 0 Å². The first-order chi connectivity index (χ1) is 9.51. The van der Waals surface area contributed by atoms with Crippen molar-refractivity contribution in [2.75, 3.05) is 11.1 Å². The molecule has 0 bridgehead atoms. The molecule has 0 fully saturated rings. The number of nitrogens with one attached hydrogen (secondary N) is 1. The Labute approximate surface area is 123 Å². The number of nitrogen functional groups attached to an aromatic ring is 1. The van der Waals surface area contributed by atoms with Crippen molar-refractivity contribution in [3.8, 4) is 0 Å². The molecule has 1 atom stereocenters. The van der Waals surface area contributed by atoms with Crippen LogP contribution in [-0.4, -0.2) is 15.0 Å². The van der Waals surface area contributed by atoms with Gasteiger partial charge in [0.25, 0.3) is 0 Å². The van der Waals surface area contributed by atoms with Gasteiger partial charge in [-0.25, -0.2) is 15.0 Å². The number of thiazole rings is 1. The summed E-state index contributed by atoms with van der Waals surface area (Å²) in [6.45, 7) is 8.12. The molecule has 0 amide bonds. The molecule has 2 heterocycles.